The highest BCUT2D eigenvalue weighted by Crippen LogP contribution is 2.15. The Bertz CT molecular complexity index is 876. The van der Waals surface area contributed by atoms with Crippen molar-refractivity contribution in [3.8, 4) is 17.3 Å². The zero-order valence-electron chi connectivity index (χ0n) is 15.9. The van der Waals surface area contributed by atoms with Gasteiger partial charge in [-0.1, -0.05) is 11.6 Å². The van der Waals surface area contributed by atoms with E-state index in [1.165, 1.54) is 0 Å². The second-order valence-electron chi connectivity index (χ2n) is 6.03. The van der Waals surface area contributed by atoms with E-state index >= 15 is 0 Å². The molecule has 0 spiro atoms. The number of ether oxygens (including phenoxy) is 1. The van der Waals surface area contributed by atoms with Gasteiger partial charge in [-0.15, -0.1) is 0 Å². The van der Waals surface area contributed by atoms with Crippen LogP contribution in [0, 0.1) is 0 Å². The molecule has 1 aromatic carbocycles. The molecule has 148 valence electrons. The van der Waals surface area contributed by atoms with Gasteiger partial charge in [0.25, 0.3) is 0 Å². The van der Waals surface area contributed by atoms with Crippen molar-refractivity contribution in [2.75, 3.05) is 33.8 Å². The van der Waals surface area contributed by atoms with Gasteiger partial charge >= 0.3 is 0 Å². The summed E-state index contributed by atoms with van der Waals surface area (Å²) in [6.07, 6.45) is 2.28. The van der Waals surface area contributed by atoms with Gasteiger partial charge in [-0.2, -0.15) is 5.10 Å². The minimum Gasteiger partial charge on any atom is -0.492 e. The minimum atomic E-state index is 0.535. The molecule has 0 unspecified atom stereocenters. The largest absolute Gasteiger partial charge is 0.492 e. The van der Waals surface area contributed by atoms with Crippen molar-refractivity contribution in [2.45, 2.75) is 6.42 Å². The van der Waals surface area contributed by atoms with Crippen molar-refractivity contribution in [1.29, 1.82) is 0 Å². The third-order valence-electron chi connectivity index (χ3n) is 4.00. The van der Waals surface area contributed by atoms with Gasteiger partial charge in [0.1, 0.15) is 18.2 Å². The highest BCUT2D eigenvalue weighted by atomic mass is 35.5. The number of likely N-dealkylation sites (N-methyl/N-ethyl adjacent to an activating group) is 1. The number of benzene rings is 1. The lowest BCUT2D eigenvalue weighted by atomic mass is 10.3. The fourth-order valence-corrected chi connectivity index (χ4v) is 2.66. The number of rotatable bonds is 8. The Morgan fingerprint density at radius 3 is 2.86 bits per heavy atom. The zero-order valence-corrected chi connectivity index (χ0v) is 16.6. The number of aromatic nitrogens is 3. The predicted octanol–water partition coefficient (Wildman–Crippen LogP) is 2.85. The Kier molecular flexibility index (Phi) is 6.91. The Morgan fingerprint density at radius 2 is 2.14 bits per heavy atom. The van der Waals surface area contributed by atoms with Gasteiger partial charge in [0.05, 0.1) is 12.8 Å². The molecule has 2 heterocycles. The van der Waals surface area contributed by atoms with E-state index in [0.717, 1.165) is 17.5 Å². The topological polar surface area (TPSA) is 91.6 Å². The van der Waals surface area contributed by atoms with Gasteiger partial charge in [0.2, 0.25) is 5.82 Å². The van der Waals surface area contributed by atoms with Crippen LogP contribution in [0.3, 0.4) is 0 Å². The number of furan rings is 1. The van der Waals surface area contributed by atoms with Gasteiger partial charge in [-0.3, -0.25) is 10.1 Å². The number of nitrogens with one attached hydrogen (secondary N) is 2. The van der Waals surface area contributed by atoms with E-state index in [1.54, 1.807) is 13.3 Å². The monoisotopic (exact) mass is 402 g/mol. The predicted molar refractivity (Wildman–Crippen MR) is 109 cm³/mol. The maximum absolute atomic E-state index is 5.87. The van der Waals surface area contributed by atoms with Crippen LogP contribution < -0.4 is 10.1 Å². The highest BCUT2D eigenvalue weighted by Gasteiger charge is 2.09. The molecule has 0 saturated carbocycles. The molecule has 0 aliphatic heterocycles. The Morgan fingerprint density at radius 1 is 1.32 bits per heavy atom. The zero-order chi connectivity index (χ0) is 19.8. The molecule has 0 radical (unpaired) electrons. The fourth-order valence-electron chi connectivity index (χ4n) is 2.54. The molecule has 9 heteroatoms. The number of H-pyrrole nitrogens is 1. The van der Waals surface area contributed by atoms with E-state index in [2.05, 4.69) is 25.5 Å². The van der Waals surface area contributed by atoms with Crippen molar-refractivity contribution >= 4 is 17.6 Å². The normalized spacial score (nSPS) is 11.5. The molecule has 3 aromatic rings. The van der Waals surface area contributed by atoms with Gasteiger partial charge in [-0.25, -0.2) is 4.98 Å². The lowest BCUT2D eigenvalue weighted by molar-refractivity contribution is 0.281. The molecule has 2 N–H and O–H groups in total. The summed E-state index contributed by atoms with van der Waals surface area (Å²) in [6, 6.07) is 11.0. The van der Waals surface area contributed by atoms with E-state index in [0.29, 0.717) is 42.7 Å². The van der Waals surface area contributed by atoms with Gasteiger partial charge in [-0.05, 0) is 36.4 Å². The molecule has 0 aliphatic rings. The number of halogens is 1. The maximum atomic E-state index is 5.87. The summed E-state index contributed by atoms with van der Waals surface area (Å²) in [4.78, 5) is 10.7. The molecule has 8 nitrogen and oxygen atoms in total. The summed E-state index contributed by atoms with van der Waals surface area (Å²) in [5.41, 5.74) is 0. The fraction of sp³-hybridized carbons (Fsp3) is 0.316. The second-order valence-corrected chi connectivity index (χ2v) is 6.47. The Balaban J connectivity index is 1.40. The van der Waals surface area contributed by atoms with Crippen LogP contribution in [0.25, 0.3) is 11.6 Å². The van der Waals surface area contributed by atoms with Gasteiger partial charge in [0, 0.05) is 32.1 Å². The minimum absolute atomic E-state index is 0.535. The first kappa shape index (κ1) is 19.8. The smallest absolute Gasteiger partial charge is 0.216 e. The third-order valence-corrected chi connectivity index (χ3v) is 4.25. The van der Waals surface area contributed by atoms with Crippen LogP contribution in [-0.2, 0) is 6.42 Å². The first-order valence-corrected chi connectivity index (χ1v) is 9.29. The van der Waals surface area contributed by atoms with E-state index in [1.807, 2.05) is 48.3 Å². The number of hydrogen-bond acceptors (Lipinski definition) is 5. The van der Waals surface area contributed by atoms with Crippen molar-refractivity contribution in [3.05, 3.63) is 53.5 Å². The van der Waals surface area contributed by atoms with E-state index in [-0.39, 0.29) is 0 Å². The summed E-state index contributed by atoms with van der Waals surface area (Å²) in [5.74, 6) is 3.56. The molecule has 0 fully saturated rings. The maximum Gasteiger partial charge on any atom is 0.216 e. The molecule has 0 amide bonds. The Hall–Kier alpha value is -3.00. The Labute approximate surface area is 168 Å². The van der Waals surface area contributed by atoms with Crippen molar-refractivity contribution in [2.24, 2.45) is 4.99 Å². The molecule has 3 rings (SSSR count). The van der Waals surface area contributed by atoms with Crippen LogP contribution >= 0.6 is 11.6 Å². The van der Waals surface area contributed by atoms with Crippen LogP contribution in [0.5, 0.6) is 5.75 Å². The van der Waals surface area contributed by atoms with Gasteiger partial charge < -0.3 is 19.4 Å². The number of nitrogens with zero attached hydrogens (tertiary/aromatic N) is 4. The van der Waals surface area contributed by atoms with Crippen LogP contribution in [0.4, 0.5) is 0 Å². The second kappa shape index (κ2) is 9.80. The van der Waals surface area contributed by atoms with Gasteiger partial charge in [0.15, 0.2) is 11.7 Å². The molecule has 0 atom stereocenters. The standard InChI is InChI=1S/C19H23ClN6O2/c1-21-19(26(2)11-13-27-15-7-5-14(20)6-8-15)22-10-9-17-23-18(25-24-17)16-4-3-12-28-16/h3-8,12H,9-11,13H2,1-2H3,(H,21,22)(H,23,24,25). The molecule has 0 aliphatic carbocycles. The summed E-state index contributed by atoms with van der Waals surface area (Å²) in [5, 5.41) is 11.1. The number of hydrogen-bond donors (Lipinski definition) is 2. The molecule has 2 aromatic heterocycles. The van der Waals surface area contributed by atoms with Crippen LogP contribution in [0.15, 0.2) is 52.1 Å². The van der Waals surface area contributed by atoms with E-state index in [4.69, 9.17) is 20.8 Å². The first-order valence-electron chi connectivity index (χ1n) is 8.91. The van der Waals surface area contributed by atoms with Crippen LogP contribution in [-0.4, -0.2) is 59.8 Å². The third kappa shape index (κ3) is 5.50. The molecule has 28 heavy (non-hydrogen) atoms. The highest BCUT2D eigenvalue weighted by molar-refractivity contribution is 6.30. The average Bonchev–Trinajstić information content (AvgIpc) is 3.38. The lowest BCUT2D eigenvalue weighted by Gasteiger charge is -2.22. The molecule has 0 saturated heterocycles. The van der Waals surface area contributed by atoms with Crippen LogP contribution in [0.2, 0.25) is 5.02 Å². The number of aliphatic imine (C=N–C) groups is 1. The van der Waals surface area contributed by atoms with Crippen molar-refractivity contribution in [1.82, 2.24) is 25.4 Å². The number of aromatic amines is 1. The molecular weight excluding hydrogens is 380 g/mol. The summed E-state index contributed by atoms with van der Waals surface area (Å²) < 4.78 is 11.0. The van der Waals surface area contributed by atoms with E-state index in [9.17, 15) is 0 Å². The quantitative estimate of drug-likeness (QED) is 0.444. The molecule has 0 bridgehead atoms. The average molecular weight is 403 g/mol. The SMILES string of the molecule is CN=C(NCCc1nc(-c2ccco2)n[nH]1)N(C)CCOc1ccc(Cl)cc1. The lowest BCUT2D eigenvalue weighted by Crippen LogP contribution is -2.41. The summed E-state index contributed by atoms with van der Waals surface area (Å²) in [7, 11) is 3.71. The van der Waals surface area contributed by atoms with E-state index < -0.39 is 0 Å². The van der Waals surface area contributed by atoms with Crippen molar-refractivity contribution in [3.63, 3.8) is 0 Å². The number of guanidine groups is 1. The van der Waals surface area contributed by atoms with Crippen LogP contribution in [0.1, 0.15) is 5.82 Å². The summed E-state index contributed by atoms with van der Waals surface area (Å²) in [6.45, 7) is 1.89. The molecular formula is C19H23ClN6O2. The first-order chi connectivity index (χ1) is 13.7. The van der Waals surface area contributed by atoms with Crippen molar-refractivity contribution < 1.29 is 9.15 Å². The summed E-state index contributed by atoms with van der Waals surface area (Å²) >= 11 is 5.87.